The van der Waals surface area contributed by atoms with Gasteiger partial charge in [0.1, 0.15) is 5.82 Å². The second kappa shape index (κ2) is 11.1. The maximum atomic E-state index is 14.1. The molecule has 8 heteroatoms. The highest BCUT2D eigenvalue weighted by Gasteiger charge is 2.30. The molecule has 1 aliphatic rings. The van der Waals surface area contributed by atoms with E-state index in [-0.39, 0.29) is 30.6 Å². The average Bonchev–Trinajstić information content (AvgIpc) is 2.86. The fraction of sp³-hybridized carbons (Fsp3) is 0.296. The zero-order chi connectivity index (χ0) is 24.8. The van der Waals surface area contributed by atoms with E-state index in [2.05, 4.69) is 29.2 Å². The average molecular weight is 496 g/mol. The van der Waals surface area contributed by atoms with Crippen molar-refractivity contribution in [2.75, 3.05) is 39.0 Å². The van der Waals surface area contributed by atoms with E-state index in [0.29, 0.717) is 26.2 Å². The van der Waals surface area contributed by atoms with Crippen LogP contribution in [0.25, 0.3) is 0 Å². The summed E-state index contributed by atoms with van der Waals surface area (Å²) in [6.45, 7) is 1.81. The molecule has 6 nitrogen and oxygen atoms in total. The smallest absolute Gasteiger partial charge is 0.237 e. The summed E-state index contributed by atoms with van der Waals surface area (Å²) in [4.78, 5) is 17.1. The van der Waals surface area contributed by atoms with Crippen molar-refractivity contribution >= 4 is 15.9 Å². The van der Waals surface area contributed by atoms with Gasteiger partial charge in [-0.3, -0.25) is 9.69 Å². The Kier molecular flexibility index (Phi) is 7.95. The fourth-order valence-corrected chi connectivity index (χ4v) is 5.19. The Morgan fingerprint density at radius 1 is 0.857 bits per heavy atom. The van der Waals surface area contributed by atoms with Gasteiger partial charge in [0.15, 0.2) is 0 Å². The molecule has 4 rings (SSSR count). The van der Waals surface area contributed by atoms with E-state index in [1.165, 1.54) is 23.3 Å². The molecule has 0 bridgehead atoms. The first-order chi connectivity index (χ1) is 16.8. The Hall–Kier alpha value is -3.07. The van der Waals surface area contributed by atoms with Gasteiger partial charge < -0.3 is 4.90 Å². The number of rotatable bonds is 8. The number of carbonyl (C=O) groups is 1. The quantitative estimate of drug-likeness (QED) is 0.480. The molecule has 0 aromatic heterocycles. The normalized spacial score (nSPS) is 15.0. The van der Waals surface area contributed by atoms with Crippen LogP contribution in [0, 0.1) is 5.82 Å². The van der Waals surface area contributed by atoms with Crippen LogP contribution in [0.4, 0.5) is 4.39 Å². The van der Waals surface area contributed by atoms with E-state index in [0.717, 1.165) is 10.6 Å². The maximum Gasteiger partial charge on any atom is 0.237 e. The lowest BCUT2D eigenvalue weighted by Crippen LogP contribution is -2.52. The van der Waals surface area contributed by atoms with Gasteiger partial charge in [0.25, 0.3) is 0 Å². The number of hydrogen-bond acceptors (Lipinski definition) is 4. The van der Waals surface area contributed by atoms with E-state index in [4.69, 9.17) is 0 Å². The Bertz CT molecular complexity index is 1190. The van der Waals surface area contributed by atoms with Crippen molar-refractivity contribution in [2.45, 2.75) is 12.6 Å². The van der Waals surface area contributed by atoms with Crippen LogP contribution in [0.2, 0.25) is 0 Å². The zero-order valence-corrected chi connectivity index (χ0v) is 20.6. The number of carbonyl (C=O) groups excluding carboxylic acids is 1. The van der Waals surface area contributed by atoms with Crippen molar-refractivity contribution in [3.8, 4) is 0 Å². The summed E-state index contributed by atoms with van der Waals surface area (Å²) in [5, 5.41) is 0. The van der Waals surface area contributed by atoms with Gasteiger partial charge in [0, 0.05) is 38.3 Å². The number of piperazine rings is 1. The summed E-state index contributed by atoms with van der Waals surface area (Å²) in [7, 11) is -3.70. The van der Waals surface area contributed by atoms with Gasteiger partial charge in [-0.1, -0.05) is 78.9 Å². The molecule has 1 saturated heterocycles. The minimum atomic E-state index is -3.70. The number of amides is 1. The topological polar surface area (TPSA) is 60.9 Å². The van der Waals surface area contributed by atoms with Gasteiger partial charge in [-0.15, -0.1) is 0 Å². The Balaban J connectivity index is 1.44. The standard InChI is InChI=1S/C27H30FN3O3S/c1-35(33,34)31(20-24-14-8-9-15-25(24)28)21-26(32)29-16-18-30(19-17-29)27(22-10-4-2-5-11-22)23-12-6-3-7-13-23/h2-15,27H,16-21H2,1H3. The van der Waals surface area contributed by atoms with Gasteiger partial charge in [0.2, 0.25) is 15.9 Å². The predicted octanol–water partition coefficient (Wildman–Crippen LogP) is 3.52. The second-order valence-corrected chi connectivity index (χ2v) is 10.7. The second-order valence-electron chi connectivity index (χ2n) is 8.76. The monoisotopic (exact) mass is 495 g/mol. The molecule has 0 unspecified atom stereocenters. The molecule has 0 aliphatic carbocycles. The molecule has 0 saturated carbocycles. The largest absolute Gasteiger partial charge is 0.339 e. The molecule has 3 aromatic carbocycles. The van der Waals surface area contributed by atoms with Crippen molar-refractivity contribution < 1.29 is 17.6 Å². The third kappa shape index (κ3) is 6.33. The number of sulfonamides is 1. The van der Waals surface area contributed by atoms with E-state index >= 15 is 0 Å². The van der Waals surface area contributed by atoms with E-state index in [1.54, 1.807) is 17.0 Å². The highest BCUT2D eigenvalue weighted by atomic mass is 32.2. The summed E-state index contributed by atoms with van der Waals surface area (Å²) >= 11 is 0. The molecule has 0 radical (unpaired) electrons. The first-order valence-corrected chi connectivity index (χ1v) is 13.5. The lowest BCUT2D eigenvalue weighted by molar-refractivity contribution is -0.133. The highest BCUT2D eigenvalue weighted by molar-refractivity contribution is 7.88. The third-order valence-corrected chi connectivity index (χ3v) is 7.54. The van der Waals surface area contributed by atoms with Crippen LogP contribution in [0.1, 0.15) is 22.7 Å². The molecule has 184 valence electrons. The van der Waals surface area contributed by atoms with Crippen LogP contribution in [-0.4, -0.2) is 67.4 Å². The van der Waals surface area contributed by atoms with Crippen molar-refractivity contribution in [3.05, 3.63) is 107 Å². The first kappa shape index (κ1) is 25.0. The molecule has 35 heavy (non-hydrogen) atoms. The summed E-state index contributed by atoms with van der Waals surface area (Å²) in [6, 6.07) is 26.6. The van der Waals surface area contributed by atoms with Crippen LogP contribution < -0.4 is 0 Å². The van der Waals surface area contributed by atoms with Crippen molar-refractivity contribution in [3.63, 3.8) is 0 Å². The molecular formula is C27H30FN3O3S. The molecule has 0 N–H and O–H groups in total. The van der Waals surface area contributed by atoms with Crippen LogP contribution in [-0.2, 0) is 21.4 Å². The van der Waals surface area contributed by atoms with E-state index in [9.17, 15) is 17.6 Å². The SMILES string of the molecule is CS(=O)(=O)N(CC(=O)N1CCN(C(c2ccccc2)c2ccccc2)CC1)Cc1ccccc1F. The van der Waals surface area contributed by atoms with Crippen LogP contribution in [0.15, 0.2) is 84.9 Å². The van der Waals surface area contributed by atoms with Crippen molar-refractivity contribution in [1.29, 1.82) is 0 Å². The van der Waals surface area contributed by atoms with Gasteiger partial charge in [-0.05, 0) is 17.2 Å². The summed E-state index contributed by atoms with van der Waals surface area (Å²) in [6.07, 6.45) is 1.05. The highest BCUT2D eigenvalue weighted by Crippen LogP contribution is 2.29. The van der Waals surface area contributed by atoms with Gasteiger partial charge >= 0.3 is 0 Å². The molecule has 1 aliphatic heterocycles. The molecular weight excluding hydrogens is 465 g/mol. The molecule has 0 spiro atoms. The number of benzene rings is 3. The van der Waals surface area contributed by atoms with Gasteiger partial charge in [0.05, 0.1) is 18.8 Å². The third-order valence-electron chi connectivity index (χ3n) is 6.35. The van der Waals surface area contributed by atoms with E-state index in [1.807, 2.05) is 36.4 Å². The maximum absolute atomic E-state index is 14.1. The predicted molar refractivity (Wildman–Crippen MR) is 135 cm³/mol. The van der Waals surface area contributed by atoms with Crippen LogP contribution >= 0.6 is 0 Å². The lowest BCUT2D eigenvalue weighted by atomic mass is 9.96. The minimum Gasteiger partial charge on any atom is -0.339 e. The summed E-state index contributed by atoms with van der Waals surface area (Å²) in [5.74, 6) is -0.766. The van der Waals surface area contributed by atoms with Crippen LogP contribution in [0.5, 0.6) is 0 Å². The molecule has 1 amide bonds. The Morgan fingerprint density at radius 3 is 1.89 bits per heavy atom. The number of halogens is 1. The summed E-state index contributed by atoms with van der Waals surface area (Å²) < 4.78 is 39.8. The Labute approximate surface area is 206 Å². The zero-order valence-electron chi connectivity index (χ0n) is 19.8. The minimum absolute atomic E-state index is 0.0724. The van der Waals surface area contributed by atoms with Gasteiger partial charge in [-0.2, -0.15) is 4.31 Å². The number of hydrogen-bond donors (Lipinski definition) is 0. The molecule has 0 atom stereocenters. The van der Waals surface area contributed by atoms with E-state index < -0.39 is 15.8 Å². The Morgan fingerprint density at radius 2 is 1.37 bits per heavy atom. The van der Waals surface area contributed by atoms with Crippen molar-refractivity contribution in [2.24, 2.45) is 0 Å². The van der Waals surface area contributed by atoms with Gasteiger partial charge in [-0.25, -0.2) is 12.8 Å². The lowest BCUT2D eigenvalue weighted by Gasteiger charge is -2.40. The first-order valence-electron chi connectivity index (χ1n) is 11.6. The van der Waals surface area contributed by atoms with Crippen LogP contribution in [0.3, 0.4) is 0 Å². The molecule has 3 aromatic rings. The fourth-order valence-electron chi connectivity index (χ4n) is 4.47. The summed E-state index contributed by atoms with van der Waals surface area (Å²) in [5.41, 5.74) is 2.61. The van der Waals surface area contributed by atoms with Crippen molar-refractivity contribution in [1.82, 2.24) is 14.1 Å². The molecule has 1 heterocycles. The molecule has 1 fully saturated rings. The number of nitrogens with zero attached hydrogens (tertiary/aromatic N) is 3.